The third-order valence-electron chi connectivity index (χ3n) is 6.25. The summed E-state index contributed by atoms with van der Waals surface area (Å²) in [6, 6.07) is 21.5. The molecule has 0 amide bonds. The maximum Gasteiger partial charge on any atom is 0.171 e. The molecule has 1 saturated heterocycles. The summed E-state index contributed by atoms with van der Waals surface area (Å²) in [6.45, 7) is 4.03. The predicted octanol–water partition coefficient (Wildman–Crippen LogP) is 5.25. The molecular weight excluding hydrogens is 414 g/mol. The number of nitrogens with zero attached hydrogens (tertiary/aromatic N) is 3. The van der Waals surface area contributed by atoms with Crippen LogP contribution in [0.15, 0.2) is 66.9 Å². The number of thiocarbonyl (C=S) groups is 1. The van der Waals surface area contributed by atoms with E-state index >= 15 is 0 Å². The molecule has 2 N–H and O–H groups in total. The minimum Gasteiger partial charge on any atom is -0.372 e. The van der Waals surface area contributed by atoms with Crippen LogP contribution in [0.1, 0.15) is 30.4 Å². The molecule has 5 nitrogen and oxygen atoms in total. The number of hydrogen-bond acceptors (Lipinski definition) is 4. The van der Waals surface area contributed by atoms with E-state index in [1.165, 1.54) is 48.4 Å². The molecule has 5 rings (SSSR count). The van der Waals surface area contributed by atoms with Crippen LogP contribution in [0.2, 0.25) is 0 Å². The lowest BCUT2D eigenvalue weighted by molar-refractivity contribution is 0.760. The molecule has 1 fully saturated rings. The second kappa shape index (κ2) is 9.57. The van der Waals surface area contributed by atoms with E-state index in [1.54, 1.807) is 0 Å². The Balaban J connectivity index is 1.15. The van der Waals surface area contributed by atoms with Crippen molar-refractivity contribution in [1.82, 2.24) is 10.3 Å². The summed E-state index contributed by atoms with van der Waals surface area (Å²) in [7, 11) is 0. The molecule has 32 heavy (non-hydrogen) atoms. The summed E-state index contributed by atoms with van der Waals surface area (Å²) < 4.78 is 0. The normalized spacial score (nSPS) is 15.4. The van der Waals surface area contributed by atoms with Gasteiger partial charge in [-0.05, 0) is 79.4 Å². The van der Waals surface area contributed by atoms with Gasteiger partial charge in [0.15, 0.2) is 5.11 Å². The molecule has 2 aliphatic heterocycles. The van der Waals surface area contributed by atoms with Gasteiger partial charge in [-0.25, -0.2) is 4.98 Å². The Bertz CT molecular complexity index is 1060. The maximum atomic E-state index is 5.49. The van der Waals surface area contributed by atoms with Crippen molar-refractivity contribution in [2.24, 2.45) is 0 Å². The summed E-state index contributed by atoms with van der Waals surface area (Å²) in [4.78, 5) is 9.43. The van der Waals surface area contributed by atoms with Crippen LogP contribution in [-0.2, 0) is 13.0 Å². The highest BCUT2D eigenvalue weighted by Crippen LogP contribution is 2.32. The van der Waals surface area contributed by atoms with Gasteiger partial charge in [-0.15, -0.1) is 0 Å². The van der Waals surface area contributed by atoms with Gasteiger partial charge in [0.1, 0.15) is 5.82 Å². The van der Waals surface area contributed by atoms with Gasteiger partial charge in [-0.1, -0.05) is 30.3 Å². The fourth-order valence-electron chi connectivity index (χ4n) is 4.55. The first-order valence-electron chi connectivity index (χ1n) is 11.5. The second-order valence-corrected chi connectivity index (χ2v) is 8.87. The first kappa shape index (κ1) is 20.8. The summed E-state index contributed by atoms with van der Waals surface area (Å²) in [5.41, 5.74) is 6.08. The number of anilines is 4. The third-order valence-corrected chi connectivity index (χ3v) is 6.50. The van der Waals surface area contributed by atoms with Gasteiger partial charge in [0.25, 0.3) is 0 Å². The van der Waals surface area contributed by atoms with Crippen molar-refractivity contribution in [2.75, 3.05) is 34.8 Å². The molecule has 0 spiro atoms. The highest BCUT2D eigenvalue weighted by Gasteiger charge is 2.18. The Kier molecular flexibility index (Phi) is 6.21. The first-order chi connectivity index (χ1) is 15.8. The van der Waals surface area contributed by atoms with E-state index in [2.05, 4.69) is 75.0 Å². The van der Waals surface area contributed by atoms with E-state index in [4.69, 9.17) is 17.2 Å². The van der Waals surface area contributed by atoms with Gasteiger partial charge in [-0.3, -0.25) is 0 Å². The van der Waals surface area contributed by atoms with E-state index in [-0.39, 0.29) is 0 Å². The van der Waals surface area contributed by atoms with Crippen molar-refractivity contribution in [3.05, 3.63) is 78.0 Å². The molecule has 2 aromatic carbocycles. The van der Waals surface area contributed by atoms with Crippen molar-refractivity contribution >= 4 is 40.2 Å². The van der Waals surface area contributed by atoms with E-state index < -0.39 is 0 Å². The molecule has 6 heteroatoms. The molecule has 3 heterocycles. The minimum absolute atomic E-state index is 0.603. The largest absolute Gasteiger partial charge is 0.372 e. The summed E-state index contributed by atoms with van der Waals surface area (Å²) in [6.07, 6.45) is 6.72. The van der Waals surface area contributed by atoms with Crippen molar-refractivity contribution in [1.29, 1.82) is 0 Å². The fraction of sp³-hybridized carbons (Fsp3) is 0.308. The number of aromatic nitrogens is 1. The number of benzene rings is 2. The highest BCUT2D eigenvalue weighted by molar-refractivity contribution is 7.80. The van der Waals surface area contributed by atoms with Crippen LogP contribution < -0.4 is 20.4 Å². The van der Waals surface area contributed by atoms with E-state index in [0.29, 0.717) is 11.7 Å². The average molecular weight is 444 g/mol. The standard InChI is InChI=1S/C26H29N5S/c32-26(28-18-20-9-12-23(13-10-20)30-15-3-4-16-30)29-22-11-14-25(27-19-22)31-17-5-7-21-6-1-2-8-24(21)31/h1-2,6,8-14,19H,3-5,7,15-18H2,(H2,28,29,32). The van der Waals surface area contributed by atoms with Crippen LogP contribution in [0.25, 0.3) is 0 Å². The molecule has 164 valence electrons. The number of para-hydroxylation sites is 1. The van der Waals surface area contributed by atoms with Crippen LogP contribution in [0.3, 0.4) is 0 Å². The number of fused-ring (bicyclic) bond motifs is 1. The smallest absolute Gasteiger partial charge is 0.171 e. The summed E-state index contributed by atoms with van der Waals surface area (Å²) in [5.74, 6) is 0.972. The Morgan fingerprint density at radius 1 is 0.906 bits per heavy atom. The van der Waals surface area contributed by atoms with Gasteiger partial charge < -0.3 is 20.4 Å². The average Bonchev–Trinajstić information content (AvgIpc) is 3.38. The van der Waals surface area contributed by atoms with E-state index in [1.807, 2.05) is 12.3 Å². The molecule has 0 bridgehead atoms. The number of pyridine rings is 1. The molecular formula is C26H29N5S. The van der Waals surface area contributed by atoms with Crippen molar-refractivity contribution < 1.29 is 0 Å². The van der Waals surface area contributed by atoms with Crippen LogP contribution in [-0.4, -0.2) is 29.7 Å². The molecule has 0 atom stereocenters. The third kappa shape index (κ3) is 4.70. The van der Waals surface area contributed by atoms with Gasteiger partial charge in [-0.2, -0.15) is 0 Å². The van der Waals surface area contributed by atoms with Gasteiger partial charge in [0.2, 0.25) is 0 Å². The zero-order valence-corrected chi connectivity index (χ0v) is 19.1. The van der Waals surface area contributed by atoms with Gasteiger partial charge in [0, 0.05) is 37.6 Å². The van der Waals surface area contributed by atoms with E-state index in [9.17, 15) is 0 Å². The Morgan fingerprint density at radius 2 is 1.72 bits per heavy atom. The number of aryl methyl sites for hydroxylation is 1. The minimum atomic E-state index is 0.603. The fourth-order valence-corrected chi connectivity index (χ4v) is 4.74. The highest BCUT2D eigenvalue weighted by atomic mass is 32.1. The molecule has 3 aromatic rings. The van der Waals surface area contributed by atoms with Crippen LogP contribution in [0.5, 0.6) is 0 Å². The van der Waals surface area contributed by atoms with Crippen molar-refractivity contribution in [3.63, 3.8) is 0 Å². The van der Waals surface area contributed by atoms with Crippen LogP contribution in [0, 0.1) is 0 Å². The first-order valence-corrected chi connectivity index (χ1v) is 11.9. The Morgan fingerprint density at radius 3 is 2.50 bits per heavy atom. The second-order valence-electron chi connectivity index (χ2n) is 8.46. The number of hydrogen-bond donors (Lipinski definition) is 2. The predicted molar refractivity (Wildman–Crippen MR) is 137 cm³/mol. The van der Waals surface area contributed by atoms with Crippen LogP contribution >= 0.6 is 12.2 Å². The number of nitrogens with one attached hydrogen (secondary N) is 2. The lowest BCUT2D eigenvalue weighted by Gasteiger charge is -2.30. The molecule has 0 saturated carbocycles. The molecule has 2 aliphatic rings. The Hall–Kier alpha value is -3.12. The lowest BCUT2D eigenvalue weighted by atomic mass is 10.0. The monoisotopic (exact) mass is 443 g/mol. The molecule has 0 radical (unpaired) electrons. The maximum absolute atomic E-state index is 5.49. The SMILES string of the molecule is S=C(NCc1ccc(N2CCCC2)cc1)Nc1ccc(N2CCCc3ccccc32)nc1. The molecule has 1 aromatic heterocycles. The summed E-state index contributed by atoms with van der Waals surface area (Å²) >= 11 is 5.49. The molecule has 0 unspecified atom stereocenters. The zero-order valence-electron chi connectivity index (χ0n) is 18.3. The van der Waals surface area contributed by atoms with Crippen molar-refractivity contribution in [3.8, 4) is 0 Å². The quantitative estimate of drug-likeness (QED) is 0.525. The Labute approximate surface area is 195 Å². The molecule has 0 aliphatic carbocycles. The number of rotatable bonds is 5. The zero-order chi connectivity index (χ0) is 21.8. The van der Waals surface area contributed by atoms with Crippen molar-refractivity contribution in [2.45, 2.75) is 32.2 Å². The van der Waals surface area contributed by atoms with Gasteiger partial charge in [0.05, 0.1) is 11.9 Å². The van der Waals surface area contributed by atoms with E-state index in [0.717, 1.165) is 30.9 Å². The lowest BCUT2D eigenvalue weighted by Crippen LogP contribution is -2.28. The summed E-state index contributed by atoms with van der Waals surface area (Å²) in [5, 5.41) is 7.15. The topological polar surface area (TPSA) is 43.4 Å². The van der Waals surface area contributed by atoms with Gasteiger partial charge >= 0.3 is 0 Å². The van der Waals surface area contributed by atoms with Crippen LogP contribution in [0.4, 0.5) is 22.9 Å².